The maximum atomic E-state index is 13.3. The minimum Gasteiger partial charge on any atom is -0.495 e. The van der Waals surface area contributed by atoms with Crippen molar-refractivity contribution >= 4 is 17.5 Å². The minimum absolute atomic E-state index is 0.0650. The van der Waals surface area contributed by atoms with Gasteiger partial charge in [0.2, 0.25) is 11.5 Å². The molecule has 0 saturated carbocycles. The summed E-state index contributed by atoms with van der Waals surface area (Å²) in [5.41, 5.74) is 8.04. The lowest BCUT2D eigenvalue weighted by atomic mass is 9.92. The first-order chi connectivity index (χ1) is 14.3. The molecular weight excluding hydrogens is 386 g/mol. The Balaban J connectivity index is 2.68. The SMILES string of the molecule is COc1cc(C(=O)/C(=C/c2cc(OC)c(OC)c(OC)c2OC)C(C)C)ccc1N. The minimum atomic E-state index is -0.140. The second-order valence-corrected chi connectivity index (χ2v) is 6.81. The number of carbonyl (C=O) groups excluding carboxylic acids is 1. The lowest BCUT2D eigenvalue weighted by molar-refractivity contribution is 0.102. The Kier molecular flexibility index (Phi) is 7.58. The van der Waals surface area contributed by atoms with Gasteiger partial charge in [-0.2, -0.15) is 0 Å². The number of nitrogen functional groups attached to an aromatic ring is 1. The molecular formula is C23H29NO6. The first kappa shape index (κ1) is 22.9. The highest BCUT2D eigenvalue weighted by Crippen LogP contribution is 2.47. The van der Waals surface area contributed by atoms with E-state index < -0.39 is 0 Å². The molecule has 0 spiro atoms. The number of hydrogen-bond acceptors (Lipinski definition) is 7. The maximum Gasteiger partial charge on any atom is 0.207 e. The third-order valence-electron chi connectivity index (χ3n) is 4.71. The number of benzene rings is 2. The van der Waals surface area contributed by atoms with Crippen LogP contribution < -0.4 is 29.4 Å². The van der Waals surface area contributed by atoms with Gasteiger partial charge in [-0.1, -0.05) is 13.8 Å². The van der Waals surface area contributed by atoms with E-state index in [-0.39, 0.29) is 11.7 Å². The zero-order chi connectivity index (χ0) is 22.4. The Morgan fingerprint density at radius 3 is 1.93 bits per heavy atom. The summed E-state index contributed by atoms with van der Waals surface area (Å²) >= 11 is 0. The molecule has 2 aromatic carbocycles. The first-order valence-corrected chi connectivity index (χ1v) is 9.39. The molecule has 0 radical (unpaired) electrons. The van der Waals surface area contributed by atoms with Crippen LogP contribution >= 0.6 is 0 Å². The second-order valence-electron chi connectivity index (χ2n) is 6.81. The fraction of sp³-hybridized carbons (Fsp3) is 0.348. The average molecular weight is 415 g/mol. The number of nitrogens with two attached hydrogens (primary N) is 1. The van der Waals surface area contributed by atoms with Gasteiger partial charge in [-0.05, 0) is 36.3 Å². The third kappa shape index (κ3) is 4.45. The van der Waals surface area contributed by atoms with Gasteiger partial charge in [-0.25, -0.2) is 0 Å². The number of ether oxygens (including phenoxy) is 5. The van der Waals surface area contributed by atoms with Crippen LogP contribution in [0, 0.1) is 5.92 Å². The number of ketones is 1. The number of carbonyl (C=O) groups is 1. The van der Waals surface area contributed by atoms with Gasteiger partial charge in [0, 0.05) is 16.7 Å². The van der Waals surface area contributed by atoms with Crippen LogP contribution in [-0.2, 0) is 0 Å². The molecule has 0 fully saturated rings. The smallest absolute Gasteiger partial charge is 0.207 e. The van der Waals surface area contributed by atoms with E-state index in [2.05, 4.69) is 0 Å². The molecule has 0 aliphatic rings. The van der Waals surface area contributed by atoms with Gasteiger partial charge in [-0.15, -0.1) is 0 Å². The van der Waals surface area contributed by atoms with Crippen LogP contribution in [0.4, 0.5) is 5.69 Å². The second kappa shape index (κ2) is 9.91. The van der Waals surface area contributed by atoms with Crippen LogP contribution in [0.2, 0.25) is 0 Å². The van der Waals surface area contributed by atoms with E-state index in [1.807, 2.05) is 13.8 Å². The van der Waals surface area contributed by atoms with Gasteiger partial charge in [-0.3, -0.25) is 4.79 Å². The average Bonchev–Trinajstić information content (AvgIpc) is 2.75. The van der Waals surface area contributed by atoms with E-state index in [0.29, 0.717) is 51.1 Å². The molecule has 7 nitrogen and oxygen atoms in total. The van der Waals surface area contributed by atoms with Crippen molar-refractivity contribution in [3.05, 3.63) is 41.0 Å². The van der Waals surface area contributed by atoms with Crippen molar-refractivity contribution in [2.24, 2.45) is 5.92 Å². The first-order valence-electron chi connectivity index (χ1n) is 9.39. The van der Waals surface area contributed by atoms with Crippen LogP contribution in [-0.4, -0.2) is 41.3 Å². The highest BCUT2D eigenvalue weighted by atomic mass is 16.5. The molecule has 0 atom stereocenters. The molecule has 2 rings (SSSR count). The molecule has 0 amide bonds. The topological polar surface area (TPSA) is 89.2 Å². The van der Waals surface area contributed by atoms with Gasteiger partial charge >= 0.3 is 0 Å². The van der Waals surface area contributed by atoms with Crippen LogP contribution in [0.5, 0.6) is 28.7 Å². The van der Waals surface area contributed by atoms with Crippen molar-refractivity contribution in [3.8, 4) is 28.7 Å². The van der Waals surface area contributed by atoms with Crippen LogP contribution in [0.15, 0.2) is 29.8 Å². The van der Waals surface area contributed by atoms with Gasteiger partial charge in [0.25, 0.3) is 0 Å². The summed E-state index contributed by atoms with van der Waals surface area (Å²) in [7, 11) is 7.62. The molecule has 0 aliphatic heterocycles. The predicted molar refractivity (Wildman–Crippen MR) is 117 cm³/mol. The number of anilines is 1. The highest BCUT2D eigenvalue weighted by molar-refractivity contribution is 6.12. The Morgan fingerprint density at radius 2 is 1.43 bits per heavy atom. The standard InChI is InChI=1S/C23H29NO6/c1-13(2)16(20(25)14-8-9-17(24)18(11-14)26-3)10-15-12-19(27-4)22(29-6)23(30-7)21(15)28-5/h8-13H,24H2,1-7H3/b16-10+. The van der Waals surface area contributed by atoms with Crippen LogP contribution in [0.1, 0.15) is 29.8 Å². The van der Waals surface area contributed by atoms with E-state index in [4.69, 9.17) is 29.4 Å². The maximum absolute atomic E-state index is 13.3. The number of Topliss-reactive ketones (excluding diaryl/α,β-unsaturated/α-hetero) is 1. The van der Waals surface area contributed by atoms with E-state index >= 15 is 0 Å². The summed E-state index contributed by atoms with van der Waals surface area (Å²) in [6.07, 6.45) is 1.78. The Bertz CT molecular complexity index is 949. The van der Waals surface area contributed by atoms with Gasteiger partial charge in [0.05, 0.1) is 41.2 Å². The van der Waals surface area contributed by atoms with E-state index in [0.717, 1.165) is 0 Å². The van der Waals surface area contributed by atoms with Crippen molar-refractivity contribution in [2.45, 2.75) is 13.8 Å². The number of rotatable bonds is 9. The highest BCUT2D eigenvalue weighted by Gasteiger charge is 2.23. The van der Waals surface area contributed by atoms with Crippen molar-refractivity contribution in [1.29, 1.82) is 0 Å². The summed E-state index contributed by atoms with van der Waals surface area (Å²) in [6.45, 7) is 3.89. The Hall–Kier alpha value is -3.35. The molecule has 0 bridgehead atoms. The van der Waals surface area contributed by atoms with Gasteiger partial charge in [0.1, 0.15) is 5.75 Å². The van der Waals surface area contributed by atoms with E-state index in [1.165, 1.54) is 35.5 Å². The number of methoxy groups -OCH3 is 5. The summed E-state index contributed by atoms with van der Waals surface area (Å²) in [4.78, 5) is 13.3. The Labute approximate surface area is 177 Å². The summed E-state index contributed by atoms with van der Waals surface area (Å²) in [5, 5.41) is 0. The van der Waals surface area contributed by atoms with Crippen LogP contribution in [0.3, 0.4) is 0 Å². The fourth-order valence-electron chi connectivity index (χ4n) is 3.15. The monoisotopic (exact) mass is 415 g/mol. The predicted octanol–water partition coefficient (Wildman–Crippen LogP) is 4.23. The molecule has 0 heterocycles. The van der Waals surface area contributed by atoms with E-state index in [9.17, 15) is 4.79 Å². The largest absolute Gasteiger partial charge is 0.495 e. The summed E-state index contributed by atoms with van der Waals surface area (Å²) in [6, 6.07) is 6.73. The lowest BCUT2D eigenvalue weighted by Crippen LogP contribution is -2.10. The number of hydrogen-bond donors (Lipinski definition) is 1. The molecule has 162 valence electrons. The molecule has 2 aromatic rings. The van der Waals surface area contributed by atoms with Crippen LogP contribution in [0.25, 0.3) is 6.08 Å². The number of allylic oxidation sites excluding steroid dienone is 1. The van der Waals surface area contributed by atoms with Crippen molar-refractivity contribution < 1.29 is 28.5 Å². The van der Waals surface area contributed by atoms with Gasteiger partial charge < -0.3 is 29.4 Å². The summed E-state index contributed by atoms with van der Waals surface area (Å²) in [5.74, 6) is 1.95. The molecule has 0 aromatic heterocycles. The molecule has 2 N–H and O–H groups in total. The molecule has 0 aliphatic carbocycles. The molecule has 0 unspecified atom stereocenters. The normalized spacial score (nSPS) is 11.3. The third-order valence-corrected chi connectivity index (χ3v) is 4.71. The van der Waals surface area contributed by atoms with Gasteiger partial charge in [0.15, 0.2) is 17.3 Å². The molecule has 7 heteroatoms. The Morgan fingerprint density at radius 1 is 0.833 bits per heavy atom. The lowest BCUT2D eigenvalue weighted by Gasteiger charge is -2.18. The summed E-state index contributed by atoms with van der Waals surface area (Å²) < 4.78 is 27.2. The van der Waals surface area contributed by atoms with Crippen molar-refractivity contribution in [1.82, 2.24) is 0 Å². The van der Waals surface area contributed by atoms with Crippen molar-refractivity contribution in [2.75, 3.05) is 41.3 Å². The molecule has 0 saturated heterocycles. The van der Waals surface area contributed by atoms with E-state index in [1.54, 1.807) is 30.3 Å². The quantitative estimate of drug-likeness (QED) is 0.372. The zero-order valence-corrected chi connectivity index (χ0v) is 18.5. The zero-order valence-electron chi connectivity index (χ0n) is 18.5. The van der Waals surface area contributed by atoms with Crippen molar-refractivity contribution in [3.63, 3.8) is 0 Å². The molecule has 30 heavy (non-hydrogen) atoms. The fourth-order valence-corrected chi connectivity index (χ4v) is 3.15.